The van der Waals surface area contributed by atoms with E-state index in [0.717, 1.165) is 33.7 Å². The number of nitrogens with one attached hydrogen (secondary N) is 1. The van der Waals surface area contributed by atoms with Crippen molar-refractivity contribution in [1.82, 2.24) is 5.32 Å². The van der Waals surface area contributed by atoms with Gasteiger partial charge in [0.2, 0.25) is 5.91 Å². The monoisotopic (exact) mass is 474 g/mol. The molecule has 4 aromatic rings. The number of carbonyl (C=O) groups excluding carboxylic acids is 2. The molecular formula is C27H26N2O2S2. The zero-order valence-corrected chi connectivity index (χ0v) is 20.3. The van der Waals surface area contributed by atoms with Gasteiger partial charge in [0.1, 0.15) is 6.04 Å². The van der Waals surface area contributed by atoms with Crippen molar-refractivity contribution in [3.63, 3.8) is 0 Å². The Balaban J connectivity index is 1.82. The predicted molar refractivity (Wildman–Crippen MR) is 137 cm³/mol. The van der Waals surface area contributed by atoms with Gasteiger partial charge >= 0.3 is 0 Å². The van der Waals surface area contributed by atoms with Crippen LogP contribution in [0, 0.1) is 6.92 Å². The molecule has 1 N–H and O–H groups in total. The van der Waals surface area contributed by atoms with Crippen LogP contribution in [-0.4, -0.2) is 11.8 Å². The number of hydrogen-bond donors (Lipinski definition) is 1. The lowest BCUT2D eigenvalue weighted by atomic mass is 9.99. The minimum absolute atomic E-state index is 0.178. The summed E-state index contributed by atoms with van der Waals surface area (Å²) in [5.41, 5.74) is 3.66. The number of anilines is 1. The molecular weight excluding hydrogens is 448 g/mol. The number of thiophene rings is 2. The molecule has 0 saturated carbocycles. The average molecular weight is 475 g/mol. The van der Waals surface area contributed by atoms with Gasteiger partial charge in [0.05, 0.1) is 11.4 Å². The number of benzene rings is 2. The van der Waals surface area contributed by atoms with E-state index >= 15 is 0 Å². The van der Waals surface area contributed by atoms with Crippen LogP contribution in [0.2, 0.25) is 0 Å². The summed E-state index contributed by atoms with van der Waals surface area (Å²) < 4.78 is 0. The highest BCUT2D eigenvalue weighted by atomic mass is 32.1. The Morgan fingerprint density at radius 1 is 0.909 bits per heavy atom. The fraction of sp³-hybridized carbons (Fsp3) is 0.185. The molecule has 168 valence electrons. The van der Waals surface area contributed by atoms with Crippen LogP contribution in [0.3, 0.4) is 0 Å². The molecule has 2 aromatic carbocycles. The second-order valence-electron chi connectivity index (χ2n) is 7.75. The van der Waals surface area contributed by atoms with Crippen molar-refractivity contribution in [3.05, 3.63) is 110 Å². The Bertz CT molecular complexity index is 1200. The van der Waals surface area contributed by atoms with E-state index in [9.17, 15) is 9.59 Å². The molecule has 6 heteroatoms. The molecule has 33 heavy (non-hydrogen) atoms. The molecule has 4 rings (SSSR count). The SMILES string of the molecule is CCc1ccccc1N(C(=O)c1cccs1)[C@H](C(=O)NCc1cccs1)c1ccc(C)cc1. The lowest BCUT2D eigenvalue weighted by Crippen LogP contribution is -2.44. The first kappa shape index (κ1) is 23.0. The second-order valence-corrected chi connectivity index (χ2v) is 9.73. The maximum Gasteiger partial charge on any atom is 0.269 e. The Morgan fingerprint density at radius 2 is 1.64 bits per heavy atom. The molecule has 0 aliphatic carbocycles. The smallest absolute Gasteiger partial charge is 0.269 e. The van der Waals surface area contributed by atoms with Gasteiger partial charge in [-0.2, -0.15) is 0 Å². The molecule has 2 aromatic heterocycles. The van der Waals surface area contributed by atoms with Gasteiger partial charge in [-0.25, -0.2) is 0 Å². The lowest BCUT2D eigenvalue weighted by Gasteiger charge is -2.32. The highest BCUT2D eigenvalue weighted by Crippen LogP contribution is 2.33. The first-order chi connectivity index (χ1) is 16.1. The second kappa shape index (κ2) is 10.6. The molecule has 2 amide bonds. The van der Waals surface area contributed by atoms with Crippen LogP contribution >= 0.6 is 22.7 Å². The van der Waals surface area contributed by atoms with Crippen molar-refractivity contribution in [3.8, 4) is 0 Å². The fourth-order valence-electron chi connectivity index (χ4n) is 3.78. The topological polar surface area (TPSA) is 49.4 Å². The van der Waals surface area contributed by atoms with Crippen molar-refractivity contribution in [2.24, 2.45) is 0 Å². The molecule has 1 atom stereocenters. The zero-order valence-electron chi connectivity index (χ0n) is 18.7. The molecule has 0 saturated heterocycles. The van der Waals surface area contributed by atoms with E-state index in [1.54, 1.807) is 16.2 Å². The Hall–Kier alpha value is -3.22. The van der Waals surface area contributed by atoms with Crippen LogP contribution < -0.4 is 10.2 Å². The fourth-order valence-corrected chi connectivity index (χ4v) is 5.08. The third-order valence-electron chi connectivity index (χ3n) is 5.50. The first-order valence-electron chi connectivity index (χ1n) is 10.9. The number of para-hydroxylation sites is 1. The van der Waals surface area contributed by atoms with E-state index in [4.69, 9.17) is 0 Å². The summed E-state index contributed by atoms with van der Waals surface area (Å²) in [4.78, 5) is 30.9. The predicted octanol–water partition coefficient (Wildman–Crippen LogP) is 6.38. The maximum atomic E-state index is 13.9. The third-order valence-corrected chi connectivity index (χ3v) is 7.23. The molecule has 0 unspecified atom stereocenters. The highest BCUT2D eigenvalue weighted by molar-refractivity contribution is 7.12. The normalized spacial score (nSPS) is 11.7. The van der Waals surface area contributed by atoms with Crippen LogP contribution in [0.25, 0.3) is 0 Å². The van der Waals surface area contributed by atoms with Crippen molar-refractivity contribution in [1.29, 1.82) is 0 Å². The molecule has 2 heterocycles. The third kappa shape index (κ3) is 5.24. The summed E-state index contributed by atoms with van der Waals surface area (Å²) >= 11 is 2.98. The summed E-state index contributed by atoms with van der Waals surface area (Å²) in [5.74, 6) is -0.384. The molecule has 4 nitrogen and oxygen atoms in total. The van der Waals surface area contributed by atoms with Crippen molar-refractivity contribution >= 4 is 40.2 Å². The summed E-state index contributed by atoms with van der Waals surface area (Å²) in [6.07, 6.45) is 0.752. The van der Waals surface area contributed by atoms with Crippen molar-refractivity contribution in [2.75, 3.05) is 4.90 Å². The largest absolute Gasteiger partial charge is 0.349 e. The van der Waals surface area contributed by atoms with Gasteiger partial charge in [0.15, 0.2) is 0 Å². The molecule has 0 aliphatic rings. The minimum atomic E-state index is -0.798. The van der Waals surface area contributed by atoms with Crippen LogP contribution in [0.1, 0.15) is 44.2 Å². The zero-order chi connectivity index (χ0) is 23.2. The van der Waals surface area contributed by atoms with Crippen molar-refractivity contribution < 1.29 is 9.59 Å². The van der Waals surface area contributed by atoms with Crippen molar-refractivity contribution in [2.45, 2.75) is 32.9 Å². The number of hydrogen-bond acceptors (Lipinski definition) is 4. The summed E-state index contributed by atoms with van der Waals surface area (Å²) in [6, 6.07) is 22.5. The lowest BCUT2D eigenvalue weighted by molar-refractivity contribution is -0.122. The summed E-state index contributed by atoms with van der Waals surface area (Å²) in [5, 5.41) is 6.94. The number of carbonyl (C=O) groups is 2. The van der Waals surface area contributed by atoms with Crippen LogP contribution in [0.4, 0.5) is 5.69 Å². The summed E-state index contributed by atoms with van der Waals surface area (Å²) in [6.45, 7) is 4.50. The highest BCUT2D eigenvalue weighted by Gasteiger charge is 2.34. The Morgan fingerprint density at radius 3 is 2.30 bits per heavy atom. The molecule has 0 spiro atoms. The van der Waals surface area contributed by atoms with E-state index in [1.165, 1.54) is 11.3 Å². The molecule has 0 fully saturated rings. The van der Waals surface area contributed by atoms with E-state index in [2.05, 4.69) is 12.2 Å². The Labute approximate surface area is 202 Å². The van der Waals surface area contributed by atoms with Crippen LogP contribution in [0.15, 0.2) is 83.6 Å². The summed E-state index contributed by atoms with van der Waals surface area (Å²) in [7, 11) is 0. The van der Waals surface area contributed by atoms with E-state index < -0.39 is 6.04 Å². The molecule has 0 aliphatic heterocycles. The van der Waals surface area contributed by atoms with Gasteiger partial charge in [-0.05, 0) is 53.4 Å². The van der Waals surface area contributed by atoms with Crippen LogP contribution in [0.5, 0.6) is 0 Å². The first-order valence-corrected chi connectivity index (χ1v) is 12.7. The van der Waals surface area contributed by atoms with Gasteiger partial charge in [-0.1, -0.05) is 67.1 Å². The average Bonchev–Trinajstić information content (AvgIpc) is 3.56. The van der Waals surface area contributed by atoms with Gasteiger partial charge in [0.25, 0.3) is 5.91 Å². The molecule has 0 radical (unpaired) electrons. The van der Waals surface area contributed by atoms with Gasteiger partial charge in [0, 0.05) is 10.6 Å². The quantitative estimate of drug-likeness (QED) is 0.322. The number of amides is 2. The van der Waals surface area contributed by atoms with Gasteiger partial charge in [-0.15, -0.1) is 22.7 Å². The number of nitrogens with zero attached hydrogens (tertiary/aromatic N) is 1. The van der Waals surface area contributed by atoms with Crippen LogP contribution in [-0.2, 0) is 17.8 Å². The van der Waals surface area contributed by atoms with E-state index in [-0.39, 0.29) is 11.8 Å². The van der Waals surface area contributed by atoms with E-state index in [1.807, 2.05) is 90.5 Å². The molecule has 0 bridgehead atoms. The standard InChI is InChI=1S/C27H26N2O2S2/c1-3-20-8-4-5-10-23(20)29(27(31)24-11-7-17-33-24)25(21-14-12-19(2)13-15-21)26(30)28-18-22-9-6-16-32-22/h4-17,25H,3,18H2,1-2H3,(H,28,30)/t25-/m0/s1. The Kier molecular flexibility index (Phi) is 7.37. The van der Waals surface area contributed by atoms with Gasteiger partial charge < -0.3 is 5.32 Å². The van der Waals surface area contributed by atoms with Gasteiger partial charge in [-0.3, -0.25) is 14.5 Å². The maximum absolute atomic E-state index is 13.9. The number of aryl methyl sites for hydroxylation is 2. The van der Waals surface area contributed by atoms with E-state index in [0.29, 0.717) is 11.4 Å². The minimum Gasteiger partial charge on any atom is -0.349 e. The number of rotatable bonds is 8.